The van der Waals surface area contributed by atoms with Crippen LogP contribution in [0.3, 0.4) is 0 Å². The summed E-state index contributed by atoms with van der Waals surface area (Å²) in [5, 5.41) is 0. The van der Waals surface area contributed by atoms with Gasteiger partial charge in [0, 0.05) is 15.0 Å². The number of nitrogens with one attached hydrogen (secondary N) is 2. The topological polar surface area (TPSA) is 79.0 Å². The van der Waals surface area contributed by atoms with Crippen molar-refractivity contribution in [2.75, 3.05) is 4.72 Å². The molecule has 0 aliphatic rings. The first-order valence-corrected chi connectivity index (χ1v) is 8.24. The third-order valence-electron chi connectivity index (χ3n) is 2.10. The highest BCUT2D eigenvalue weighted by molar-refractivity contribution is 14.1. The summed E-state index contributed by atoms with van der Waals surface area (Å²) in [6.45, 7) is 1.56. The van der Waals surface area contributed by atoms with E-state index in [0.29, 0.717) is 22.7 Å². The number of halogens is 1. The van der Waals surface area contributed by atoms with Crippen molar-refractivity contribution in [3.8, 4) is 0 Å². The molecule has 2 aromatic rings. The molecular weight excluding hydrogens is 387 g/mol. The molecule has 0 fully saturated rings. The van der Waals surface area contributed by atoms with Crippen LogP contribution in [-0.2, 0) is 10.0 Å². The van der Waals surface area contributed by atoms with Gasteiger partial charge in [-0.1, -0.05) is 17.4 Å². The maximum Gasteiger partial charge on any atom is 0.306 e. The molecule has 18 heavy (non-hydrogen) atoms. The summed E-state index contributed by atoms with van der Waals surface area (Å²) in [6.07, 6.45) is 0. The summed E-state index contributed by atoms with van der Waals surface area (Å²) in [6, 6.07) is 6.98. The Kier molecular flexibility index (Phi) is 3.78. The van der Waals surface area contributed by atoms with Crippen LogP contribution < -0.4 is 9.60 Å². The molecule has 1 aromatic carbocycles. The lowest BCUT2D eigenvalue weighted by molar-refractivity contribution is 0.602. The van der Waals surface area contributed by atoms with E-state index in [4.69, 9.17) is 0 Å². The number of sulfonamides is 1. The van der Waals surface area contributed by atoms with E-state index in [1.54, 1.807) is 25.1 Å². The van der Waals surface area contributed by atoms with Gasteiger partial charge >= 0.3 is 4.87 Å². The Morgan fingerprint density at radius 1 is 1.39 bits per heavy atom. The molecule has 2 N–H and O–H groups in total. The highest BCUT2D eigenvalue weighted by atomic mass is 127. The van der Waals surface area contributed by atoms with Crippen LogP contribution in [0.25, 0.3) is 0 Å². The van der Waals surface area contributed by atoms with Gasteiger partial charge in [0.1, 0.15) is 0 Å². The van der Waals surface area contributed by atoms with Crippen molar-refractivity contribution in [2.24, 2.45) is 0 Å². The molecule has 0 atom stereocenters. The van der Waals surface area contributed by atoms with Gasteiger partial charge in [0.15, 0.2) is 4.21 Å². The Bertz CT molecular complexity index is 734. The fourth-order valence-corrected chi connectivity index (χ4v) is 4.29. The smallest absolute Gasteiger partial charge is 0.306 e. The summed E-state index contributed by atoms with van der Waals surface area (Å²) in [5.41, 5.74) is 0.824. The minimum atomic E-state index is -3.71. The van der Waals surface area contributed by atoms with Crippen LogP contribution in [0.4, 0.5) is 5.69 Å². The third-order valence-corrected chi connectivity index (χ3v) is 5.76. The fourth-order valence-electron chi connectivity index (χ4n) is 1.40. The van der Waals surface area contributed by atoms with Crippen LogP contribution in [0.2, 0.25) is 0 Å². The first kappa shape index (κ1) is 13.6. The zero-order valence-electron chi connectivity index (χ0n) is 9.23. The molecule has 0 unspecified atom stereocenters. The van der Waals surface area contributed by atoms with Crippen molar-refractivity contribution in [3.05, 3.63) is 43.2 Å². The quantitative estimate of drug-likeness (QED) is 0.781. The fraction of sp³-hybridized carbons (Fsp3) is 0.100. The molecule has 0 amide bonds. The van der Waals surface area contributed by atoms with Crippen LogP contribution in [0.5, 0.6) is 0 Å². The van der Waals surface area contributed by atoms with E-state index in [9.17, 15) is 13.2 Å². The average Bonchev–Trinajstić information content (AvgIpc) is 2.58. The van der Waals surface area contributed by atoms with E-state index in [2.05, 4.69) is 32.3 Å². The largest absolute Gasteiger partial charge is 0.315 e. The number of H-pyrrole nitrogens is 1. The van der Waals surface area contributed by atoms with E-state index in [1.165, 1.54) is 0 Å². The normalized spacial score (nSPS) is 11.4. The average molecular weight is 396 g/mol. The highest BCUT2D eigenvalue weighted by Gasteiger charge is 2.20. The maximum absolute atomic E-state index is 12.1. The van der Waals surface area contributed by atoms with E-state index in [1.807, 2.05) is 6.07 Å². The number of hydrogen-bond acceptors (Lipinski definition) is 4. The Labute approximate surface area is 121 Å². The molecule has 0 aliphatic heterocycles. The second-order valence-electron chi connectivity index (χ2n) is 3.54. The third kappa shape index (κ3) is 2.93. The SMILES string of the molecule is Cc1[nH]c(=O)sc1S(=O)(=O)Nc1cccc(I)c1. The first-order chi connectivity index (χ1) is 8.38. The predicted octanol–water partition coefficient (Wildman–Crippen LogP) is 2.15. The monoisotopic (exact) mass is 396 g/mol. The summed E-state index contributed by atoms with van der Waals surface area (Å²) >= 11 is 2.78. The number of rotatable bonds is 3. The van der Waals surface area contributed by atoms with Crippen LogP contribution in [-0.4, -0.2) is 13.4 Å². The van der Waals surface area contributed by atoms with Crippen molar-refractivity contribution < 1.29 is 8.42 Å². The van der Waals surface area contributed by atoms with Crippen molar-refractivity contribution in [2.45, 2.75) is 11.1 Å². The molecular formula is C10H9IN2O3S2. The minimum absolute atomic E-state index is 0.0198. The summed E-state index contributed by atoms with van der Waals surface area (Å²) in [7, 11) is -3.71. The molecule has 0 saturated carbocycles. The number of hydrogen-bond donors (Lipinski definition) is 2. The van der Waals surface area contributed by atoms with Gasteiger partial charge in [0.05, 0.1) is 0 Å². The van der Waals surface area contributed by atoms with Gasteiger partial charge in [-0.05, 0) is 47.7 Å². The van der Waals surface area contributed by atoms with Gasteiger partial charge in [-0.15, -0.1) is 0 Å². The van der Waals surface area contributed by atoms with Gasteiger partial charge in [-0.2, -0.15) is 0 Å². The lowest BCUT2D eigenvalue weighted by atomic mass is 10.3. The summed E-state index contributed by atoms with van der Waals surface area (Å²) in [4.78, 5) is 13.2. The number of aromatic nitrogens is 1. The molecule has 0 bridgehead atoms. The second-order valence-corrected chi connectivity index (χ2v) is 7.65. The Hall–Kier alpha value is -0.870. The molecule has 8 heteroatoms. The van der Waals surface area contributed by atoms with Crippen molar-refractivity contribution in [3.63, 3.8) is 0 Å². The second kappa shape index (κ2) is 5.02. The molecule has 96 valence electrons. The first-order valence-electron chi connectivity index (χ1n) is 4.86. The molecule has 0 radical (unpaired) electrons. The number of aryl methyl sites for hydroxylation is 1. The van der Waals surface area contributed by atoms with Gasteiger partial charge in [0.25, 0.3) is 10.0 Å². The van der Waals surface area contributed by atoms with Gasteiger partial charge in [-0.25, -0.2) is 8.42 Å². The minimum Gasteiger partial charge on any atom is -0.315 e. The zero-order valence-corrected chi connectivity index (χ0v) is 13.0. The Morgan fingerprint density at radius 3 is 2.67 bits per heavy atom. The van der Waals surface area contributed by atoms with Crippen LogP contribution in [0.1, 0.15) is 5.69 Å². The lowest BCUT2D eigenvalue weighted by Crippen LogP contribution is -2.12. The molecule has 0 saturated heterocycles. The lowest BCUT2D eigenvalue weighted by Gasteiger charge is -2.06. The Balaban J connectivity index is 2.39. The molecule has 1 heterocycles. The molecule has 0 spiro atoms. The highest BCUT2D eigenvalue weighted by Crippen LogP contribution is 2.21. The van der Waals surface area contributed by atoms with Crippen LogP contribution >= 0.6 is 33.9 Å². The number of anilines is 1. The summed E-state index contributed by atoms with van der Waals surface area (Å²) < 4.78 is 27.6. The Morgan fingerprint density at radius 2 is 2.11 bits per heavy atom. The van der Waals surface area contributed by atoms with Gasteiger partial charge in [-0.3, -0.25) is 9.52 Å². The zero-order chi connectivity index (χ0) is 13.3. The van der Waals surface area contributed by atoms with Gasteiger partial charge in [0.2, 0.25) is 0 Å². The van der Waals surface area contributed by atoms with Gasteiger partial charge < -0.3 is 4.98 Å². The van der Waals surface area contributed by atoms with E-state index in [0.717, 1.165) is 3.57 Å². The molecule has 1 aromatic heterocycles. The standard InChI is InChI=1S/C10H9IN2O3S2/c1-6-9(17-10(14)12-6)18(15,16)13-8-4-2-3-7(11)5-8/h2-5,13H,1H3,(H,12,14). The number of benzene rings is 1. The van der Waals surface area contributed by atoms with Crippen LogP contribution in [0.15, 0.2) is 33.3 Å². The van der Waals surface area contributed by atoms with Crippen LogP contribution in [0, 0.1) is 10.5 Å². The molecule has 5 nitrogen and oxygen atoms in total. The molecule has 2 rings (SSSR count). The van der Waals surface area contributed by atoms with Crippen molar-refractivity contribution >= 4 is 49.6 Å². The summed E-state index contributed by atoms with van der Waals surface area (Å²) in [5.74, 6) is 0. The molecule has 0 aliphatic carbocycles. The van der Waals surface area contributed by atoms with E-state index >= 15 is 0 Å². The van der Waals surface area contributed by atoms with Crippen molar-refractivity contribution in [1.82, 2.24) is 4.98 Å². The number of thiazole rings is 1. The van der Waals surface area contributed by atoms with E-state index < -0.39 is 10.0 Å². The van der Waals surface area contributed by atoms with Crippen molar-refractivity contribution in [1.29, 1.82) is 0 Å². The van der Waals surface area contributed by atoms with E-state index in [-0.39, 0.29) is 9.08 Å². The maximum atomic E-state index is 12.1. The predicted molar refractivity (Wildman–Crippen MR) is 79.6 cm³/mol. The number of aromatic amines is 1.